The first-order chi connectivity index (χ1) is 14.3. The summed E-state index contributed by atoms with van der Waals surface area (Å²) in [4.78, 5) is 12.9. The van der Waals surface area contributed by atoms with E-state index in [0.29, 0.717) is 24.5 Å². The number of aromatic nitrogens is 2. The van der Waals surface area contributed by atoms with Crippen molar-refractivity contribution in [2.75, 3.05) is 13.8 Å². The first-order valence-corrected chi connectivity index (χ1v) is 11.2. The fourth-order valence-corrected chi connectivity index (χ4v) is 4.97. The predicted molar refractivity (Wildman–Crippen MR) is 108 cm³/mol. The Kier molecular flexibility index (Phi) is 5.43. The van der Waals surface area contributed by atoms with Crippen molar-refractivity contribution >= 4 is 16.1 Å². The van der Waals surface area contributed by atoms with Gasteiger partial charge in [0.1, 0.15) is 6.04 Å². The molecule has 1 saturated heterocycles. The highest BCUT2D eigenvalue weighted by atomic mass is 32.2. The van der Waals surface area contributed by atoms with Gasteiger partial charge in [0.2, 0.25) is 12.7 Å². The third-order valence-corrected chi connectivity index (χ3v) is 7.05. The van der Waals surface area contributed by atoms with Crippen LogP contribution in [0.1, 0.15) is 36.2 Å². The smallest absolute Gasteiger partial charge is 0.280 e. The van der Waals surface area contributed by atoms with Crippen LogP contribution in [0, 0.1) is 6.92 Å². The highest BCUT2D eigenvalue weighted by molar-refractivity contribution is 7.87. The van der Waals surface area contributed by atoms with Crippen molar-refractivity contribution in [2.24, 2.45) is 0 Å². The molecule has 2 atom stereocenters. The molecule has 30 heavy (non-hydrogen) atoms. The van der Waals surface area contributed by atoms with E-state index in [0.717, 1.165) is 21.1 Å². The Balaban J connectivity index is 1.49. The van der Waals surface area contributed by atoms with E-state index >= 15 is 0 Å². The molecule has 2 N–H and O–H groups in total. The Morgan fingerprint density at radius 3 is 2.83 bits per heavy atom. The molecule has 10 nitrogen and oxygen atoms in total. The SMILES string of the molecule is CCn1cc(C2CC(C(=O)NCc3ccc4c(c3)OCO4)N(C)S(=O)(=O)N2)c(C)n1. The summed E-state index contributed by atoms with van der Waals surface area (Å²) in [5.74, 6) is 0.942. The molecule has 1 aromatic carbocycles. The van der Waals surface area contributed by atoms with Gasteiger partial charge in [-0.1, -0.05) is 6.07 Å². The summed E-state index contributed by atoms with van der Waals surface area (Å²) in [6.07, 6.45) is 2.13. The van der Waals surface area contributed by atoms with E-state index in [9.17, 15) is 13.2 Å². The number of carbonyl (C=O) groups is 1. The highest BCUT2D eigenvalue weighted by Crippen LogP contribution is 2.33. The summed E-state index contributed by atoms with van der Waals surface area (Å²) < 4.78 is 41.4. The van der Waals surface area contributed by atoms with Crippen molar-refractivity contribution in [1.82, 2.24) is 24.1 Å². The van der Waals surface area contributed by atoms with Crippen LogP contribution in [0.3, 0.4) is 0 Å². The molecule has 2 aliphatic rings. The average Bonchev–Trinajstić information content (AvgIpc) is 3.33. The topological polar surface area (TPSA) is 115 Å². The molecular formula is C19H25N5O5S. The molecule has 2 aromatic rings. The van der Waals surface area contributed by atoms with E-state index in [1.165, 1.54) is 7.05 Å². The Morgan fingerprint density at radius 1 is 1.33 bits per heavy atom. The number of fused-ring (bicyclic) bond motifs is 1. The van der Waals surface area contributed by atoms with E-state index in [4.69, 9.17) is 9.47 Å². The highest BCUT2D eigenvalue weighted by Gasteiger charge is 2.41. The maximum atomic E-state index is 12.9. The van der Waals surface area contributed by atoms with Crippen LogP contribution in [0.5, 0.6) is 11.5 Å². The number of nitrogens with zero attached hydrogens (tertiary/aromatic N) is 3. The zero-order valence-corrected chi connectivity index (χ0v) is 17.9. The quantitative estimate of drug-likeness (QED) is 0.719. The average molecular weight is 436 g/mol. The molecule has 1 aromatic heterocycles. The normalized spacial score (nSPS) is 22.8. The summed E-state index contributed by atoms with van der Waals surface area (Å²) >= 11 is 0. The molecule has 0 radical (unpaired) electrons. The van der Waals surface area contributed by atoms with Crippen LogP contribution >= 0.6 is 0 Å². The Hall–Kier alpha value is -2.63. The standard InChI is InChI=1S/C19H25N5O5S/c1-4-24-10-14(12(2)21-24)15-8-16(23(3)30(26,27)22-15)19(25)20-9-13-5-6-17-18(7-13)29-11-28-17/h5-7,10,15-16,22H,4,8-9,11H2,1-3H3,(H,20,25). The molecular weight excluding hydrogens is 410 g/mol. The number of ether oxygens (including phenoxy) is 2. The van der Waals surface area contributed by atoms with E-state index < -0.39 is 22.3 Å². The monoisotopic (exact) mass is 435 g/mol. The van der Waals surface area contributed by atoms with Crippen LogP contribution < -0.4 is 19.5 Å². The second-order valence-electron chi connectivity index (χ2n) is 7.37. The predicted octanol–water partition coefficient (Wildman–Crippen LogP) is 0.836. The number of hydrogen-bond donors (Lipinski definition) is 2. The van der Waals surface area contributed by atoms with Crippen LogP contribution in [0.25, 0.3) is 0 Å². The van der Waals surface area contributed by atoms with E-state index in [1.54, 1.807) is 16.8 Å². The molecule has 0 bridgehead atoms. The van der Waals surface area contributed by atoms with Gasteiger partial charge in [-0.05, 0) is 38.0 Å². The van der Waals surface area contributed by atoms with Gasteiger partial charge in [-0.2, -0.15) is 22.5 Å². The summed E-state index contributed by atoms with van der Waals surface area (Å²) in [6.45, 7) is 4.91. The maximum absolute atomic E-state index is 12.9. The Morgan fingerprint density at radius 2 is 2.10 bits per heavy atom. The largest absolute Gasteiger partial charge is 0.454 e. The molecule has 2 aliphatic heterocycles. The zero-order valence-electron chi connectivity index (χ0n) is 17.1. The molecule has 0 saturated carbocycles. The minimum atomic E-state index is -3.81. The van der Waals surface area contributed by atoms with Crippen LogP contribution in [0.2, 0.25) is 0 Å². The van der Waals surface area contributed by atoms with Gasteiger partial charge in [-0.15, -0.1) is 0 Å². The summed E-state index contributed by atoms with van der Waals surface area (Å²) in [5, 5.41) is 7.23. The van der Waals surface area contributed by atoms with Gasteiger partial charge in [-0.3, -0.25) is 9.48 Å². The molecule has 11 heteroatoms. The van der Waals surface area contributed by atoms with Gasteiger partial charge in [0.05, 0.1) is 11.7 Å². The number of benzene rings is 1. The molecule has 2 unspecified atom stereocenters. The molecule has 1 amide bonds. The van der Waals surface area contributed by atoms with Gasteiger partial charge in [0, 0.05) is 31.9 Å². The van der Waals surface area contributed by atoms with Crippen molar-refractivity contribution in [2.45, 2.75) is 45.4 Å². The third-order valence-electron chi connectivity index (χ3n) is 5.46. The summed E-state index contributed by atoms with van der Waals surface area (Å²) in [7, 11) is -2.40. The number of amides is 1. The number of likely N-dealkylation sites (N-methyl/N-ethyl adjacent to an activating group) is 1. The van der Waals surface area contributed by atoms with Crippen molar-refractivity contribution < 1.29 is 22.7 Å². The molecule has 1 fully saturated rings. The minimum absolute atomic E-state index is 0.179. The summed E-state index contributed by atoms with van der Waals surface area (Å²) in [6, 6.07) is 4.07. The number of nitrogens with one attached hydrogen (secondary N) is 2. The molecule has 162 valence electrons. The van der Waals surface area contributed by atoms with Crippen molar-refractivity contribution in [3.05, 3.63) is 41.2 Å². The van der Waals surface area contributed by atoms with Gasteiger partial charge >= 0.3 is 0 Å². The fourth-order valence-electron chi connectivity index (χ4n) is 3.71. The first-order valence-electron chi connectivity index (χ1n) is 9.74. The van der Waals surface area contributed by atoms with E-state index in [1.807, 2.05) is 26.1 Å². The van der Waals surface area contributed by atoms with Crippen molar-refractivity contribution in [3.8, 4) is 11.5 Å². The second-order valence-corrected chi connectivity index (χ2v) is 9.14. The lowest BCUT2D eigenvalue weighted by molar-refractivity contribution is -0.125. The van der Waals surface area contributed by atoms with E-state index in [2.05, 4.69) is 15.1 Å². The third kappa shape index (κ3) is 3.87. The number of aryl methyl sites for hydroxylation is 2. The van der Waals surface area contributed by atoms with Crippen LogP contribution in [-0.2, 0) is 28.1 Å². The molecule has 0 aliphatic carbocycles. The zero-order chi connectivity index (χ0) is 21.5. The minimum Gasteiger partial charge on any atom is -0.454 e. The van der Waals surface area contributed by atoms with Gasteiger partial charge < -0.3 is 14.8 Å². The van der Waals surface area contributed by atoms with Crippen LogP contribution in [0.15, 0.2) is 24.4 Å². The number of hydrogen-bond acceptors (Lipinski definition) is 6. The Labute approximate surface area is 175 Å². The first kappa shape index (κ1) is 20.6. The number of carbonyl (C=O) groups excluding carboxylic acids is 1. The van der Waals surface area contributed by atoms with Gasteiger partial charge in [0.25, 0.3) is 10.2 Å². The maximum Gasteiger partial charge on any atom is 0.280 e. The lowest BCUT2D eigenvalue weighted by Crippen LogP contribution is -2.57. The molecule has 4 rings (SSSR count). The fraction of sp³-hybridized carbons (Fsp3) is 0.474. The summed E-state index contributed by atoms with van der Waals surface area (Å²) in [5.41, 5.74) is 2.36. The van der Waals surface area contributed by atoms with Crippen LogP contribution in [0.4, 0.5) is 0 Å². The van der Waals surface area contributed by atoms with E-state index in [-0.39, 0.29) is 19.2 Å². The van der Waals surface area contributed by atoms with Crippen LogP contribution in [-0.4, -0.2) is 48.3 Å². The molecule has 0 spiro atoms. The van der Waals surface area contributed by atoms with Crippen molar-refractivity contribution in [1.29, 1.82) is 0 Å². The van der Waals surface area contributed by atoms with Crippen molar-refractivity contribution in [3.63, 3.8) is 0 Å². The lowest BCUT2D eigenvalue weighted by Gasteiger charge is -2.36. The Bertz CT molecular complexity index is 1070. The van der Waals surface area contributed by atoms with Gasteiger partial charge in [0.15, 0.2) is 11.5 Å². The molecule has 3 heterocycles. The lowest BCUT2D eigenvalue weighted by atomic mass is 10.00. The number of rotatable bonds is 5. The second kappa shape index (κ2) is 7.89. The van der Waals surface area contributed by atoms with Gasteiger partial charge in [-0.25, -0.2) is 0 Å².